The molecular formula is C25H20F3N9O2. The van der Waals surface area contributed by atoms with Crippen LogP contribution in [0.3, 0.4) is 0 Å². The molecule has 11 nitrogen and oxygen atoms in total. The monoisotopic (exact) mass is 535 g/mol. The van der Waals surface area contributed by atoms with Gasteiger partial charge in [-0.25, -0.2) is 19.9 Å². The molecule has 198 valence electrons. The highest BCUT2D eigenvalue weighted by molar-refractivity contribution is 5.97. The summed E-state index contributed by atoms with van der Waals surface area (Å²) in [6.45, 7) is 4.36. The highest BCUT2D eigenvalue weighted by Crippen LogP contribution is 2.40. The zero-order valence-corrected chi connectivity index (χ0v) is 20.6. The van der Waals surface area contributed by atoms with Crippen molar-refractivity contribution in [3.05, 3.63) is 67.0 Å². The SMILES string of the molecule is CC1(C)COC(Nc2ccc3ncnc(Nc4ccc(Oc5cc6nncn6cn5)c(C(F)(F)F)c4)c3c2)=N1. The van der Waals surface area contributed by atoms with Gasteiger partial charge in [0.25, 0.3) is 6.02 Å². The van der Waals surface area contributed by atoms with E-state index < -0.39 is 17.5 Å². The van der Waals surface area contributed by atoms with Crippen molar-refractivity contribution >= 4 is 39.8 Å². The third-order valence-corrected chi connectivity index (χ3v) is 5.78. The predicted octanol–water partition coefficient (Wildman–Crippen LogP) is 5.20. The van der Waals surface area contributed by atoms with E-state index in [0.717, 1.165) is 6.07 Å². The fraction of sp³-hybridized carbons (Fsp3) is 0.200. The summed E-state index contributed by atoms with van der Waals surface area (Å²) in [5, 5.41) is 14.2. The smallest absolute Gasteiger partial charge is 0.420 e. The normalized spacial score (nSPS) is 14.7. The molecule has 0 radical (unpaired) electrons. The number of alkyl halides is 3. The average molecular weight is 535 g/mol. The fourth-order valence-electron chi connectivity index (χ4n) is 3.94. The fourth-order valence-corrected chi connectivity index (χ4v) is 3.94. The first-order valence-electron chi connectivity index (χ1n) is 11.7. The minimum Gasteiger partial charge on any atom is -0.462 e. The summed E-state index contributed by atoms with van der Waals surface area (Å²) >= 11 is 0. The Balaban J connectivity index is 1.30. The molecule has 0 saturated heterocycles. The lowest BCUT2D eigenvalue weighted by Gasteiger charge is -2.16. The van der Waals surface area contributed by atoms with Gasteiger partial charge in [0.1, 0.15) is 42.7 Å². The van der Waals surface area contributed by atoms with Gasteiger partial charge in [0.05, 0.1) is 11.1 Å². The van der Waals surface area contributed by atoms with E-state index >= 15 is 0 Å². The summed E-state index contributed by atoms with van der Waals surface area (Å²) < 4.78 is 54.6. The number of ether oxygens (including phenoxy) is 2. The van der Waals surface area contributed by atoms with E-state index in [2.05, 4.69) is 40.8 Å². The van der Waals surface area contributed by atoms with Crippen LogP contribution in [0.4, 0.5) is 30.4 Å². The van der Waals surface area contributed by atoms with Crippen LogP contribution in [-0.4, -0.2) is 47.7 Å². The summed E-state index contributed by atoms with van der Waals surface area (Å²) in [6, 6.07) is 10.7. The lowest BCUT2D eigenvalue weighted by molar-refractivity contribution is -0.138. The summed E-state index contributed by atoms with van der Waals surface area (Å²) in [6.07, 6.45) is -0.601. The number of halogens is 3. The molecule has 0 amide bonds. The standard InChI is InChI=1S/C25H20F3N9O2/c1-24(2)10-38-23(35-24)34-14-3-5-18-16(7-14)22(30-11-29-18)33-15-4-6-19(17(8-15)25(26,27)28)39-21-9-20-36-32-13-37(20)12-31-21/h3-9,11-13H,10H2,1-2H3,(H,34,35)(H,29,30,33). The third-order valence-electron chi connectivity index (χ3n) is 5.78. The van der Waals surface area contributed by atoms with Crippen molar-refractivity contribution in [2.24, 2.45) is 4.99 Å². The molecule has 1 aliphatic rings. The Hall–Kier alpha value is -5.01. The second kappa shape index (κ2) is 9.08. The Morgan fingerprint density at radius 1 is 0.974 bits per heavy atom. The van der Waals surface area contributed by atoms with Crippen LogP contribution in [0.1, 0.15) is 19.4 Å². The van der Waals surface area contributed by atoms with Gasteiger partial charge in [0.2, 0.25) is 5.88 Å². The van der Waals surface area contributed by atoms with Gasteiger partial charge in [-0.05, 0) is 50.2 Å². The molecule has 2 N–H and O–H groups in total. The van der Waals surface area contributed by atoms with Crippen molar-refractivity contribution in [3.63, 3.8) is 0 Å². The first-order valence-corrected chi connectivity index (χ1v) is 11.7. The Kier molecular flexibility index (Phi) is 5.66. The van der Waals surface area contributed by atoms with Gasteiger partial charge in [-0.1, -0.05) is 0 Å². The number of nitrogens with one attached hydrogen (secondary N) is 2. The van der Waals surface area contributed by atoms with E-state index in [1.807, 2.05) is 13.8 Å². The molecule has 0 unspecified atom stereocenters. The van der Waals surface area contributed by atoms with Crippen LogP contribution >= 0.6 is 0 Å². The summed E-state index contributed by atoms with van der Waals surface area (Å²) in [7, 11) is 0. The van der Waals surface area contributed by atoms with Gasteiger partial charge >= 0.3 is 6.18 Å². The molecule has 4 heterocycles. The molecule has 1 aliphatic heterocycles. The number of benzene rings is 2. The van der Waals surface area contributed by atoms with E-state index in [-0.39, 0.29) is 17.1 Å². The van der Waals surface area contributed by atoms with Crippen molar-refractivity contribution in [3.8, 4) is 11.6 Å². The number of nitrogens with zero attached hydrogens (tertiary/aromatic N) is 7. The van der Waals surface area contributed by atoms with Gasteiger partial charge in [0, 0.05) is 22.8 Å². The van der Waals surface area contributed by atoms with Crippen LogP contribution in [0.2, 0.25) is 0 Å². The molecule has 3 aromatic heterocycles. The summed E-state index contributed by atoms with van der Waals surface area (Å²) in [5.41, 5.74) is 0.467. The Morgan fingerprint density at radius 2 is 1.79 bits per heavy atom. The predicted molar refractivity (Wildman–Crippen MR) is 136 cm³/mol. The molecule has 0 fully saturated rings. The highest BCUT2D eigenvalue weighted by atomic mass is 19.4. The second-order valence-corrected chi connectivity index (χ2v) is 9.36. The molecule has 14 heteroatoms. The molecule has 39 heavy (non-hydrogen) atoms. The first-order chi connectivity index (χ1) is 18.6. The van der Waals surface area contributed by atoms with Crippen LogP contribution in [0.25, 0.3) is 16.6 Å². The second-order valence-electron chi connectivity index (χ2n) is 9.36. The van der Waals surface area contributed by atoms with Crippen LogP contribution in [-0.2, 0) is 10.9 Å². The number of aliphatic imine (C=N–C) groups is 1. The zero-order chi connectivity index (χ0) is 27.2. The molecule has 2 aromatic carbocycles. The molecule has 0 saturated carbocycles. The summed E-state index contributed by atoms with van der Waals surface area (Å²) in [4.78, 5) is 17.0. The van der Waals surface area contributed by atoms with E-state index in [1.165, 1.54) is 41.6 Å². The topological polar surface area (TPSA) is 124 Å². The van der Waals surface area contributed by atoms with E-state index in [1.54, 1.807) is 18.2 Å². The van der Waals surface area contributed by atoms with Crippen molar-refractivity contribution in [1.82, 2.24) is 29.5 Å². The molecule has 5 aromatic rings. The molecule has 0 atom stereocenters. The number of rotatable bonds is 5. The quantitative estimate of drug-likeness (QED) is 0.313. The van der Waals surface area contributed by atoms with Crippen molar-refractivity contribution < 1.29 is 22.6 Å². The van der Waals surface area contributed by atoms with E-state index in [4.69, 9.17) is 9.47 Å². The molecule has 0 spiro atoms. The minimum atomic E-state index is -4.70. The van der Waals surface area contributed by atoms with Gasteiger partial charge < -0.3 is 20.1 Å². The number of amidine groups is 1. The van der Waals surface area contributed by atoms with Gasteiger partial charge in [-0.2, -0.15) is 13.2 Å². The largest absolute Gasteiger partial charge is 0.462 e. The highest BCUT2D eigenvalue weighted by Gasteiger charge is 2.35. The molecule has 6 rings (SSSR count). The van der Waals surface area contributed by atoms with Crippen molar-refractivity contribution in [2.45, 2.75) is 25.6 Å². The van der Waals surface area contributed by atoms with Crippen molar-refractivity contribution in [1.29, 1.82) is 0 Å². The molecule has 0 aliphatic carbocycles. The lowest BCUT2D eigenvalue weighted by atomic mass is 10.1. The van der Waals surface area contributed by atoms with Crippen LogP contribution in [0.15, 0.2) is 66.4 Å². The van der Waals surface area contributed by atoms with E-state index in [0.29, 0.717) is 40.7 Å². The Labute approximate surface area is 218 Å². The molecular weight excluding hydrogens is 515 g/mol. The van der Waals surface area contributed by atoms with E-state index in [9.17, 15) is 13.2 Å². The lowest BCUT2D eigenvalue weighted by Crippen LogP contribution is -2.17. The summed E-state index contributed by atoms with van der Waals surface area (Å²) in [5.74, 6) is -0.148. The van der Waals surface area contributed by atoms with Crippen LogP contribution < -0.4 is 15.4 Å². The maximum absolute atomic E-state index is 14.0. The number of anilines is 3. The Morgan fingerprint density at radius 3 is 2.59 bits per heavy atom. The Bertz CT molecular complexity index is 1730. The number of hydrogen-bond donors (Lipinski definition) is 2. The van der Waals surface area contributed by atoms with Crippen molar-refractivity contribution in [2.75, 3.05) is 17.2 Å². The van der Waals surface area contributed by atoms with Gasteiger partial charge in [-0.3, -0.25) is 4.40 Å². The number of aromatic nitrogens is 6. The maximum Gasteiger partial charge on any atom is 0.420 e. The minimum absolute atomic E-state index is 0.0530. The molecule has 0 bridgehead atoms. The van der Waals surface area contributed by atoms with Crippen LogP contribution in [0, 0.1) is 0 Å². The number of hydrogen-bond acceptors (Lipinski definition) is 10. The zero-order valence-electron chi connectivity index (χ0n) is 20.6. The van der Waals surface area contributed by atoms with Gasteiger partial charge in [-0.15, -0.1) is 10.2 Å². The average Bonchev–Trinajstić information content (AvgIpc) is 3.49. The maximum atomic E-state index is 14.0. The first kappa shape index (κ1) is 24.3. The van der Waals surface area contributed by atoms with Crippen LogP contribution in [0.5, 0.6) is 11.6 Å². The number of fused-ring (bicyclic) bond motifs is 2. The third kappa shape index (κ3) is 5.08. The van der Waals surface area contributed by atoms with Gasteiger partial charge in [0.15, 0.2) is 5.65 Å².